The summed E-state index contributed by atoms with van der Waals surface area (Å²) in [5, 5.41) is 15.7. The number of esters is 4. The van der Waals surface area contributed by atoms with E-state index in [4.69, 9.17) is 18.9 Å². The third kappa shape index (κ3) is 10.0. The lowest BCUT2D eigenvalue weighted by molar-refractivity contribution is -0.436. The van der Waals surface area contributed by atoms with Gasteiger partial charge in [0.15, 0.2) is 18.3 Å². The molecule has 11 heteroatoms. The van der Waals surface area contributed by atoms with Gasteiger partial charge in [-0.15, -0.1) is 0 Å². The van der Waals surface area contributed by atoms with Crippen molar-refractivity contribution in [3.8, 4) is 0 Å². The molecule has 3 atom stereocenters. The van der Waals surface area contributed by atoms with Crippen LogP contribution in [-0.2, 0) is 38.1 Å². The van der Waals surface area contributed by atoms with Gasteiger partial charge in [-0.05, 0) is 6.08 Å². The first-order valence-electron chi connectivity index (χ1n) is 9.15. The zero-order valence-corrected chi connectivity index (χ0v) is 17.5. The molecule has 0 fully saturated rings. The maximum atomic E-state index is 12.0. The second-order valence-electron chi connectivity index (χ2n) is 6.16. The van der Waals surface area contributed by atoms with E-state index >= 15 is 0 Å². The quantitative estimate of drug-likeness (QED) is 0.177. The molecule has 0 spiro atoms. The highest BCUT2D eigenvalue weighted by atomic mass is 16.6. The van der Waals surface area contributed by atoms with Crippen molar-refractivity contribution in [2.45, 2.75) is 46.0 Å². The zero-order valence-electron chi connectivity index (χ0n) is 17.5. The minimum Gasteiger partial charge on any atom is -0.594 e. The van der Waals surface area contributed by atoms with E-state index in [9.17, 15) is 24.4 Å². The summed E-state index contributed by atoms with van der Waals surface area (Å²) in [5.74, 6) is -2.94. The lowest BCUT2D eigenvalue weighted by Gasteiger charge is -2.30. The van der Waals surface area contributed by atoms with Gasteiger partial charge in [0.2, 0.25) is 5.69 Å². The van der Waals surface area contributed by atoms with Crippen molar-refractivity contribution in [3.05, 3.63) is 47.8 Å². The van der Waals surface area contributed by atoms with Gasteiger partial charge in [-0.2, -0.15) is 0 Å². The Hall–Kier alpha value is -3.76. The lowest BCUT2D eigenvalue weighted by atomic mass is 10.1. The average molecular weight is 436 g/mol. The van der Waals surface area contributed by atoms with Crippen molar-refractivity contribution in [3.63, 3.8) is 0 Å². The highest BCUT2D eigenvalue weighted by Crippen LogP contribution is 2.17. The maximum absolute atomic E-state index is 12.0. The van der Waals surface area contributed by atoms with Crippen LogP contribution in [0.15, 0.2) is 47.7 Å². The third-order valence-corrected chi connectivity index (χ3v) is 3.49. The number of azo groups is 1. The second kappa shape index (κ2) is 12.7. The van der Waals surface area contributed by atoms with Crippen LogP contribution in [0.3, 0.4) is 0 Å². The molecule has 11 nitrogen and oxygen atoms in total. The van der Waals surface area contributed by atoms with Gasteiger partial charge >= 0.3 is 23.9 Å². The lowest BCUT2D eigenvalue weighted by Crippen LogP contribution is -2.46. The van der Waals surface area contributed by atoms with Gasteiger partial charge < -0.3 is 24.2 Å². The normalized spacial score (nSPS) is 14.3. The molecule has 0 amide bonds. The van der Waals surface area contributed by atoms with Crippen LogP contribution in [0, 0.1) is 5.21 Å². The van der Waals surface area contributed by atoms with Gasteiger partial charge in [-0.3, -0.25) is 19.2 Å². The van der Waals surface area contributed by atoms with Crippen molar-refractivity contribution < 1.29 is 43.0 Å². The zero-order chi connectivity index (χ0) is 23.4. The Morgan fingerprint density at radius 1 is 0.935 bits per heavy atom. The standard InChI is InChI=1S/C20H24N2O9/c1-13(23)28-12-19(30-15(3)25)20(31-16(4)26)18(29-14(2)24)10-11-21-22(27)17-8-6-5-7-9-17/h5-11,18-20H,12H2,1-4H3/b11-10-,22-21?/t18-,19+,20-/m1/s1. The summed E-state index contributed by atoms with van der Waals surface area (Å²) in [4.78, 5) is 46.2. The number of carbonyl (C=O) groups excluding carboxylic acids is 4. The fourth-order valence-corrected chi connectivity index (χ4v) is 2.37. The summed E-state index contributed by atoms with van der Waals surface area (Å²) < 4.78 is 20.3. The minimum atomic E-state index is -1.38. The van der Waals surface area contributed by atoms with E-state index in [0.717, 1.165) is 33.9 Å². The first kappa shape index (κ1) is 25.3. The molecule has 0 unspecified atom stereocenters. The fourth-order valence-electron chi connectivity index (χ4n) is 2.37. The molecule has 168 valence electrons. The van der Waals surface area contributed by atoms with Crippen molar-refractivity contribution in [2.24, 2.45) is 5.11 Å². The minimum absolute atomic E-state index is 0.250. The number of para-hydroxylation sites is 1. The van der Waals surface area contributed by atoms with Crippen LogP contribution in [0.2, 0.25) is 0 Å². The average Bonchev–Trinajstić information content (AvgIpc) is 2.68. The van der Waals surface area contributed by atoms with E-state index in [-0.39, 0.29) is 5.69 Å². The molecule has 31 heavy (non-hydrogen) atoms. The molecule has 1 aromatic rings. The van der Waals surface area contributed by atoms with E-state index in [1.807, 2.05) is 0 Å². The van der Waals surface area contributed by atoms with Gasteiger partial charge in [0.25, 0.3) is 0 Å². The molecule has 1 aromatic carbocycles. The number of rotatable bonds is 10. The molecule has 0 aromatic heterocycles. The molecular weight excluding hydrogens is 412 g/mol. The Balaban J connectivity index is 3.23. The Morgan fingerprint density at radius 3 is 2.03 bits per heavy atom. The molecule has 0 saturated heterocycles. The summed E-state index contributed by atoms with van der Waals surface area (Å²) in [5.41, 5.74) is 0.250. The second-order valence-corrected chi connectivity index (χ2v) is 6.16. The van der Waals surface area contributed by atoms with E-state index < -0.39 is 48.8 Å². The molecule has 1 rings (SSSR count). The van der Waals surface area contributed by atoms with Gasteiger partial charge in [-0.25, -0.2) is 0 Å². The largest absolute Gasteiger partial charge is 0.594 e. The third-order valence-electron chi connectivity index (χ3n) is 3.49. The number of nitrogens with zero attached hydrogens (tertiary/aromatic N) is 2. The van der Waals surface area contributed by atoms with Gasteiger partial charge in [0.1, 0.15) is 6.61 Å². The van der Waals surface area contributed by atoms with Crippen molar-refractivity contribution in [1.82, 2.24) is 0 Å². The number of ether oxygens (including phenoxy) is 4. The van der Waals surface area contributed by atoms with Crippen LogP contribution in [0.1, 0.15) is 27.7 Å². The predicted molar refractivity (Wildman–Crippen MR) is 105 cm³/mol. The maximum Gasteiger partial charge on any atom is 0.303 e. The number of hydrogen-bond donors (Lipinski definition) is 0. The molecule has 0 aliphatic heterocycles. The van der Waals surface area contributed by atoms with Crippen LogP contribution >= 0.6 is 0 Å². The van der Waals surface area contributed by atoms with E-state index in [2.05, 4.69) is 5.11 Å². The summed E-state index contributed by atoms with van der Waals surface area (Å²) in [6, 6.07) is 8.09. The molecule has 0 aliphatic rings. The van der Waals surface area contributed by atoms with Gasteiger partial charge in [0, 0.05) is 44.9 Å². The van der Waals surface area contributed by atoms with Crippen LogP contribution in [-0.4, -0.2) is 53.7 Å². The van der Waals surface area contributed by atoms with E-state index in [1.54, 1.807) is 18.2 Å². The summed E-state index contributed by atoms with van der Waals surface area (Å²) in [7, 11) is 0. The van der Waals surface area contributed by atoms with Crippen molar-refractivity contribution in [2.75, 3.05) is 6.61 Å². The van der Waals surface area contributed by atoms with Crippen molar-refractivity contribution >= 4 is 29.6 Å². The smallest absolute Gasteiger partial charge is 0.303 e. The Bertz CT molecular complexity index is 836. The number of benzene rings is 1. The predicted octanol–water partition coefficient (Wildman–Crippen LogP) is 2.15. The summed E-state index contributed by atoms with van der Waals surface area (Å²) in [6.45, 7) is 3.98. The molecule has 0 N–H and O–H groups in total. The number of carbonyl (C=O) groups is 4. The van der Waals surface area contributed by atoms with Crippen LogP contribution in [0.4, 0.5) is 5.69 Å². The first-order chi connectivity index (χ1) is 14.6. The Kier molecular flexibility index (Phi) is 10.4. The van der Waals surface area contributed by atoms with E-state index in [0.29, 0.717) is 4.86 Å². The highest BCUT2D eigenvalue weighted by molar-refractivity contribution is 5.69. The summed E-state index contributed by atoms with van der Waals surface area (Å²) >= 11 is 0. The first-order valence-corrected chi connectivity index (χ1v) is 9.15. The fraction of sp³-hybridized carbons (Fsp3) is 0.400. The molecule has 0 heterocycles. The van der Waals surface area contributed by atoms with Crippen LogP contribution < -0.4 is 0 Å². The Labute approximate surface area is 178 Å². The highest BCUT2D eigenvalue weighted by Gasteiger charge is 2.36. The topological polar surface area (TPSA) is 144 Å². The van der Waals surface area contributed by atoms with Gasteiger partial charge in [0.05, 0.1) is 6.20 Å². The van der Waals surface area contributed by atoms with E-state index in [1.165, 1.54) is 18.2 Å². The van der Waals surface area contributed by atoms with Gasteiger partial charge in [-0.1, -0.05) is 23.1 Å². The molecule has 0 radical (unpaired) electrons. The Morgan fingerprint density at radius 2 is 1.52 bits per heavy atom. The monoisotopic (exact) mass is 436 g/mol. The van der Waals surface area contributed by atoms with Crippen molar-refractivity contribution in [1.29, 1.82) is 0 Å². The summed E-state index contributed by atoms with van der Waals surface area (Å²) in [6.07, 6.45) is -1.77. The van der Waals surface area contributed by atoms with Crippen LogP contribution in [0.25, 0.3) is 0 Å². The number of hydrogen-bond acceptors (Lipinski definition) is 10. The molecule has 0 saturated carbocycles. The molecule has 0 aliphatic carbocycles. The van der Waals surface area contributed by atoms with Crippen LogP contribution in [0.5, 0.6) is 0 Å². The molecule has 0 bridgehead atoms. The molecular formula is C20H24N2O9. The SMILES string of the molecule is CC(=O)OC[C@H](OC(C)=O)[C@H](OC(C)=O)[C@@H](/C=C\N=[N+]([O-])c1ccccc1)OC(C)=O.